The lowest BCUT2D eigenvalue weighted by atomic mass is 10.0. The molecule has 1 heteroatoms. The molecule has 0 unspecified atom stereocenters. The van der Waals surface area contributed by atoms with Gasteiger partial charge in [0, 0.05) is 13.2 Å². The quantitative estimate of drug-likeness (QED) is 0.572. The molecule has 0 aliphatic rings. The first-order valence-corrected chi connectivity index (χ1v) is 8.29. The van der Waals surface area contributed by atoms with Crippen LogP contribution in [0.15, 0.2) is 18.2 Å². The Hall–Kier alpha value is -0.820. The van der Waals surface area contributed by atoms with E-state index in [0.29, 0.717) is 0 Å². The van der Waals surface area contributed by atoms with Crippen LogP contribution in [0.1, 0.15) is 70.6 Å². The molecule has 20 heavy (non-hydrogen) atoms. The minimum absolute atomic E-state index is 0.924. The lowest BCUT2D eigenvalue weighted by Crippen LogP contribution is -1.92. The van der Waals surface area contributed by atoms with E-state index < -0.39 is 0 Å². The fourth-order valence-corrected chi connectivity index (χ4v) is 1.79. The maximum absolute atomic E-state index is 5.13. The van der Waals surface area contributed by atoms with Gasteiger partial charge in [-0.05, 0) is 44.2 Å². The monoisotopic (exact) mass is 280 g/mol. The van der Waals surface area contributed by atoms with Gasteiger partial charge in [0.1, 0.15) is 0 Å². The minimum atomic E-state index is 0.924. The van der Waals surface area contributed by atoms with Crippen LogP contribution in [0, 0.1) is 13.8 Å². The summed E-state index contributed by atoms with van der Waals surface area (Å²) in [5.74, 6) is 0. The molecular formula is C19H36O. The topological polar surface area (TPSA) is 9.23 Å². The second-order valence-corrected chi connectivity index (χ2v) is 4.79. The lowest BCUT2D eigenvalue weighted by Gasteiger charge is -2.04. The average molecular weight is 280 g/mol. The van der Waals surface area contributed by atoms with Gasteiger partial charge in [0.2, 0.25) is 0 Å². The van der Waals surface area contributed by atoms with Crippen LogP contribution in [0.25, 0.3) is 0 Å². The van der Waals surface area contributed by atoms with Crippen LogP contribution in [-0.4, -0.2) is 13.2 Å². The molecule has 0 saturated carbocycles. The summed E-state index contributed by atoms with van der Waals surface area (Å²) in [6.45, 7) is 16.6. The van der Waals surface area contributed by atoms with Gasteiger partial charge in [-0.25, -0.2) is 0 Å². The first-order valence-electron chi connectivity index (χ1n) is 8.29. The molecule has 0 fully saturated rings. The molecule has 1 aromatic carbocycles. The Morgan fingerprint density at radius 3 is 1.80 bits per heavy atom. The van der Waals surface area contributed by atoms with Gasteiger partial charge in [-0.3, -0.25) is 0 Å². The summed E-state index contributed by atoms with van der Waals surface area (Å²) in [5.41, 5.74) is 4.30. The van der Waals surface area contributed by atoms with Crippen LogP contribution in [-0.2, 0) is 11.2 Å². The molecule has 0 radical (unpaired) electrons. The number of hydrogen-bond donors (Lipinski definition) is 0. The van der Waals surface area contributed by atoms with Crippen LogP contribution in [0.5, 0.6) is 0 Å². The average Bonchev–Trinajstić information content (AvgIpc) is 2.46. The van der Waals surface area contributed by atoms with E-state index in [1.807, 2.05) is 13.8 Å². The summed E-state index contributed by atoms with van der Waals surface area (Å²) in [5, 5.41) is 0. The van der Waals surface area contributed by atoms with E-state index in [-0.39, 0.29) is 0 Å². The van der Waals surface area contributed by atoms with Crippen molar-refractivity contribution in [2.45, 2.75) is 74.1 Å². The number of hydrogen-bond acceptors (Lipinski definition) is 1. The smallest absolute Gasteiger partial charge is 0.0463 e. The van der Waals surface area contributed by atoms with Crippen LogP contribution in [0.4, 0.5) is 0 Å². The van der Waals surface area contributed by atoms with Gasteiger partial charge in [0.15, 0.2) is 0 Å². The summed E-state index contributed by atoms with van der Waals surface area (Å²) >= 11 is 0. The third-order valence-corrected chi connectivity index (χ3v) is 2.71. The lowest BCUT2D eigenvalue weighted by molar-refractivity contribution is 0.135. The maximum Gasteiger partial charge on any atom is 0.0463 e. The van der Waals surface area contributed by atoms with E-state index in [2.05, 4.69) is 52.8 Å². The van der Waals surface area contributed by atoms with E-state index >= 15 is 0 Å². The molecule has 0 aromatic heterocycles. The highest BCUT2D eigenvalue weighted by molar-refractivity contribution is 5.30. The van der Waals surface area contributed by atoms with Crippen molar-refractivity contribution in [3.8, 4) is 0 Å². The van der Waals surface area contributed by atoms with Crippen molar-refractivity contribution in [1.82, 2.24) is 0 Å². The third-order valence-electron chi connectivity index (χ3n) is 2.71. The van der Waals surface area contributed by atoms with Crippen molar-refractivity contribution in [3.05, 3.63) is 34.9 Å². The van der Waals surface area contributed by atoms with Gasteiger partial charge < -0.3 is 4.74 Å². The van der Waals surface area contributed by atoms with Crippen LogP contribution >= 0.6 is 0 Å². The van der Waals surface area contributed by atoms with Crippen molar-refractivity contribution < 1.29 is 4.74 Å². The van der Waals surface area contributed by atoms with Gasteiger partial charge >= 0.3 is 0 Å². The Bertz CT molecular complexity index is 301. The Morgan fingerprint density at radius 2 is 1.40 bits per heavy atom. The highest BCUT2D eigenvalue weighted by Gasteiger charge is 1.95. The summed E-state index contributed by atoms with van der Waals surface area (Å²) in [7, 11) is 0. The molecule has 0 amide bonds. The Balaban J connectivity index is 0. The Morgan fingerprint density at radius 1 is 0.850 bits per heavy atom. The fraction of sp³-hybridized carbons (Fsp3) is 0.684. The van der Waals surface area contributed by atoms with E-state index in [1.54, 1.807) is 0 Å². The molecule has 1 nitrogen and oxygen atoms in total. The molecule has 1 aromatic rings. The van der Waals surface area contributed by atoms with Gasteiger partial charge in [-0.1, -0.05) is 64.8 Å². The molecule has 0 N–H and O–H groups in total. The molecule has 0 saturated heterocycles. The van der Waals surface area contributed by atoms with Gasteiger partial charge in [-0.15, -0.1) is 0 Å². The number of benzene rings is 1. The minimum Gasteiger partial charge on any atom is -0.381 e. The Kier molecular flexibility index (Phi) is 17.4. The van der Waals surface area contributed by atoms with Gasteiger partial charge in [0.05, 0.1) is 0 Å². The first-order chi connectivity index (χ1) is 9.65. The molecule has 0 aliphatic carbocycles. The molecule has 1 rings (SSSR count). The molecule has 118 valence electrons. The second-order valence-electron chi connectivity index (χ2n) is 4.79. The van der Waals surface area contributed by atoms with E-state index in [0.717, 1.165) is 26.1 Å². The molecular weight excluding hydrogens is 244 g/mol. The predicted octanol–water partition coefficient (Wildman–Crippen LogP) is 6.11. The highest BCUT2D eigenvalue weighted by atomic mass is 16.5. The van der Waals surface area contributed by atoms with Crippen molar-refractivity contribution in [1.29, 1.82) is 0 Å². The van der Waals surface area contributed by atoms with Crippen molar-refractivity contribution >= 4 is 0 Å². The fourth-order valence-electron chi connectivity index (χ4n) is 1.79. The number of aryl methyl sites for hydroxylation is 3. The molecule has 0 spiro atoms. The van der Waals surface area contributed by atoms with Gasteiger partial charge in [0.25, 0.3) is 0 Å². The zero-order chi connectivity index (χ0) is 15.8. The van der Waals surface area contributed by atoms with Crippen LogP contribution in [0.3, 0.4) is 0 Å². The predicted molar refractivity (Wildman–Crippen MR) is 92.7 cm³/mol. The van der Waals surface area contributed by atoms with E-state index in [9.17, 15) is 0 Å². The van der Waals surface area contributed by atoms with Crippen LogP contribution in [0.2, 0.25) is 0 Å². The Labute approximate surface area is 127 Å². The molecule has 0 atom stereocenters. The second kappa shape index (κ2) is 16.2. The normalized spacial score (nSPS) is 9.15. The van der Waals surface area contributed by atoms with Crippen LogP contribution < -0.4 is 0 Å². The highest BCUT2D eigenvalue weighted by Crippen LogP contribution is 2.11. The first kappa shape index (κ1) is 21.5. The van der Waals surface area contributed by atoms with Crippen molar-refractivity contribution in [2.75, 3.05) is 13.2 Å². The zero-order valence-corrected chi connectivity index (χ0v) is 14.9. The molecule has 0 bridgehead atoms. The van der Waals surface area contributed by atoms with E-state index in [1.165, 1.54) is 29.5 Å². The summed E-state index contributed by atoms with van der Waals surface area (Å²) in [6, 6.07) is 6.69. The summed E-state index contributed by atoms with van der Waals surface area (Å²) < 4.78 is 5.13. The van der Waals surface area contributed by atoms with Crippen molar-refractivity contribution in [2.24, 2.45) is 0 Å². The molecule has 0 heterocycles. The SMILES string of the molecule is CC.CCCOCCC.CCCc1ccc(C)cc1C. The number of rotatable bonds is 6. The molecule has 0 aliphatic heterocycles. The zero-order valence-electron chi connectivity index (χ0n) is 14.9. The largest absolute Gasteiger partial charge is 0.381 e. The standard InChI is InChI=1S/C11H16.C6H14O.C2H6/c1-4-5-11-7-6-9(2)8-10(11)3;1-3-5-7-6-4-2;1-2/h6-8H,4-5H2,1-3H3;3-6H2,1-2H3;1-2H3. The van der Waals surface area contributed by atoms with Gasteiger partial charge in [-0.2, -0.15) is 0 Å². The third kappa shape index (κ3) is 12.2. The summed E-state index contributed by atoms with van der Waals surface area (Å²) in [4.78, 5) is 0. The number of ether oxygens (including phenoxy) is 1. The summed E-state index contributed by atoms with van der Waals surface area (Å²) in [6.07, 6.45) is 4.73. The van der Waals surface area contributed by atoms with E-state index in [4.69, 9.17) is 4.74 Å². The maximum atomic E-state index is 5.13. The van der Waals surface area contributed by atoms with Crippen molar-refractivity contribution in [3.63, 3.8) is 0 Å².